The Balaban J connectivity index is 2.25. The molecule has 0 fully saturated rings. The molecule has 0 aliphatic carbocycles. The summed E-state index contributed by atoms with van der Waals surface area (Å²) in [6.07, 6.45) is 1.19. The number of sulfonamides is 1. The van der Waals surface area contributed by atoms with E-state index in [2.05, 4.69) is 9.71 Å². The number of nitrogens with two attached hydrogens (primary N) is 1. The number of hydrogen-bond acceptors (Lipinski definition) is 6. The minimum atomic E-state index is -3.76. The average Bonchev–Trinajstić information content (AvgIpc) is 2.85. The van der Waals surface area contributed by atoms with Crippen LogP contribution in [-0.2, 0) is 14.8 Å². The van der Waals surface area contributed by atoms with Gasteiger partial charge in [0.05, 0.1) is 17.6 Å². The van der Waals surface area contributed by atoms with Gasteiger partial charge in [0.2, 0.25) is 5.91 Å². The van der Waals surface area contributed by atoms with Gasteiger partial charge < -0.3 is 5.73 Å². The molecule has 10 heteroatoms. The number of primary amides is 1. The summed E-state index contributed by atoms with van der Waals surface area (Å²) in [5.41, 5.74) is 5.46. The Morgan fingerprint density at radius 3 is 2.76 bits per heavy atom. The summed E-state index contributed by atoms with van der Waals surface area (Å²) in [6.45, 7) is 0. The van der Waals surface area contributed by atoms with Crippen LogP contribution < -0.4 is 10.5 Å². The lowest BCUT2D eigenvalue weighted by Gasteiger charge is -2.10. The molecule has 1 amide bonds. The van der Waals surface area contributed by atoms with Crippen LogP contribution in [-0.4, -0.2) is 25.1 Å². The largest absolute Gasteiger partial charge is 0.369 e. The van der Waals surface area contributed by atoms with Gasteiger partial charge in [-0.05, 0) is 12.1 Å². The highest BCUT2D eigenvalue weighted by atomic mass is 35.5. The van der Waals surface area contributed by atoms with Crippen molar-refractivity contribution in [1.82, 2.24) is 4.98 Å². The maximum atomic E-state index is 12.2. The van der Waals surface area contributed by atoms with Crippen LogP contribution in [0.4, 0.5) is 5.69 Å². The highest BCUT2D eigenvalue weighted by molar-refractivity contribution is 8.00. The van der Waals surface area contributed by atoms with E-state index in [0.29, 0.717) is 10.6 Å². The third kappa shape index (κ3) is 4.34. The van der Waals surface area contributed by atoms with Gasteiger partial charge in [-0.1, -0.05) is 35.1 Å². The van der Waals surface area contributed by atoms with Gasteiger partial charge >= 0.3 is 0 Å². The number of thioether (sulfide) groups is 1. The summed E-state index contributed by atoms with van der Waals surface area (Å²) < 4.78 is 27.0. The smallest absolute Gasteiger partial charge is 0.273 e. The van der Waals surface area contributed by atoms with Crippen molar-refractivity contribution in [3.8, 4) is 0 Å². The zero-order valence-electron chi connectivity index (χ0n) is 10.4. The molecule has 112 valence electrons. The molecule has 0 saturated carbocycles. The quantitative estimate of drug-likeness (QED) is 0.766. The lowest BCUT2D eigenvalue weighted by atomic mass is 10.3. The maximum Gasteiger partial charge on any atom is 0.273 e. The van der Waals surface area contributed by atoms with E-state index in [4.69, 9.17) is 17.3 Å². The minimum Gasteiger partial charge on any atom is -0.369 e. The summed E-state index contributed by atoms with van der Waals surface area (Å²) >= 11 is 7.66. The van der Waals surface area contributed by atoms with Crippen LogP contribution in [0, 0.1) is 0 Å². The van der Waals surface area contributed by atoms with Crippen molar-refractivity contribution in [2.45, 2.75) is 9.10 Å². The molecule has 0 aliphatic heterocycles. The molecule has 0 atom stereocenters. The number of halogens is 1. The van der Waals surface area contributed by atoms with Gasteiger partial charge in [0, 0.05) is 4.90 Å². The molecule has 3 N–H and O–H groups in total. The number of carbonyl (C=O) groups excluding carboxylic acids is 1. The number of thiazole rings is 1. The predicted molar refractivity (Wildman–Crippen MR) is 84.3 cm³/mol. The Hall–Kier alpha value is -1.29. The van der Waals surface area contributed by atoms with Crippen molar-refractivity contribution in [1.29, 1.82) is 0 Å². The molecule has 0 unspecified atom stereocenters. The molecular formula is C11H10ClN3O3S3. The summed E-state index contributed by atoms with van der Waals surface area (Å²) in [6, 6.07) is 6.73. The number of carbonyl (C=O) groups is 1. The number of hydrogen-bond donors (Lipinski definition) is 2. The predicted octanol–water partition coefficient (Wildman–Crippen LogP) is 2.17. The van der Waals surface area contributed by atoms with Crippen LogP contribution in [0.5, 0.6) is 0 Å². The maximum absolute atomic E-state index is 12.2. The molecule has 1 aromatic heterocycles. The van der Waals surface area contributed by atoms with Crippen LogP contribution >= 0.6 is 34.7 Å². The number of rotatable bonds is 6. The fraction of sp³-hybridized carbons (Fsp3) is 0.0909. The second kappa shape index (κ2) is 6.65. The van der Waals surface area contributed by atoms with Crippen LogP contribution in [0.15, 0.2) is 39.6 Å². The number of benzene rings is 1. The first-order chi connectivity index (χ1) is 9.88. The lowest BCUT2D eigenvalue weighted by molar-refractivity contribution is -0.115. The van der Waals surface area contributed by atoms with Gasteiger partial charge in [-0.2, -0.15) is 0 Å². The highest BCUT2D eigenvalue weighted by Gasteiger charge is 2.19. The van der Waals surface area contributed by atoms with Crippen molar-refractivity contribution >= 4 is 56.3 Å². The van der Waals surface area contributed by atoms with Crippen molar-refractivity contribution in [2.24, 2.45) is 5.73 Å². The Bertz CT molecular complexity index is 761. The number of nitrogens with one attached hydrogen (secondary N) is 1. The standard InChI is InChI=1S/C11H10ClN3O3S3/c12-11-14-5-10(20-11)21(17,18)15-7-3-1-2-4-8(7)19-6-9(13)16/h1-5,15H,6H2,(H2,13,16). The van der Waals surface area contributed by atoms with Crippen molar-refractivity contribution in [3.05, 3.63) is 34.9 Å². The van der Waals surface area contributed by atoms with E-state index < -0.39 is 15.9 Å². The van der Waals surface area contributed by atoms with E-state index in [0.717, 1.165) is 23.1 Å². The second-order valence-corrected chi connectivity index (χ2v) is 8.33. The number of para-hydroxylation sites is 1. The normalized spacial score (nSPS) is 11.3. The molecular weight excluding hydrogens is 354 g/mol. The highest BCUT2D eigenvalue weighted by Crippen LogP contribution is 2.30. The first-order valence-corrected chi connectivity index (χ1v) is 9.19. The molecule has 0 saturated heterocycles. The summed E-state index contributed by atoms with van der Waals surface area (Å²) in [7, 11) is -3.76. The molecule has 21 heavy (non-hydrogen) atoms. The molecule has 0 aliphatic rings. The molecule has 2 aromatic rings. The Morgan fingerprint density at radius 1 is 1.43 bits per heavy atom. The SMILES string of the molecule is NC(=O)CSc1ccccc1NS(=O)(=O)c1cnc(Cl)s1. The number of nitrogens with zero attached hydrogens (tertiary/aromatic N) is 1. The summed E-state index contributed by atoms with van der Waals surface area (Å²) in [5.74, 6) is -0.419. The van der Waals surface area contributed by atoms with Crippen LogP contribution in [0.3, 0.4) is 0 Å². The van der Waals surface area contributed by atoms with Gasteiger partial charge in [0.25, 0.3) is 10.0 Å². The average molecular weight is 364 g/mol. The first-order valence-electron chi connectivity index (χ1n) is 5.53. The topological polar surface area (TPSA) is 102 Å². The Labute approximate surface area is 134 Å². The van der Waals surface area contributed by atoms with Crippen LogP contribution in [0.25, 0.3) is 0 Å². The zero-order valence-corrected chi connectivity index (χ0v) is 13.7. The summed E-state index contributed by atoms with van der Waals surface area (Å²) in [5, 5.41) is 0. The molecule has 1 aromatic carbocycles. The second-order valence-electron chi connectivity index (χ2n) is 3.79. The molecule has 1 heterocycles. The van der Waals surface area contributed by atoms with E-state index in [-0.39, 0.29) is 14.4 Å². The number of aromatic nitrogens is 1. The molecule has 2 rings (SSSR count). The molecule has 6 nitrogen and oxygen atoms in total. The van der Waals surface area contributed by atoms with Crippen molar-refractivity contribution in [3.63, 3.8) is 0 Å². The minimum absolute atomic E-state index is 0.0159. The van der Waals surface area contributed by atoms with Gasteiger partial charge in [-0.15, -0.1) is 11.8 Å². The van der Waals surface area contributed by atoms with Crippen LogP contribution in [0.1, 0.15) is 0 Å². The fourth-order valence-electron chi connectivity index (χ4n) is 1.38. The zero-order chi connectivity index (χ0) is 15.5. The van der Waals surface area contributed by atoms with Gasteiger partial charge in [-0.25, -0.2) is 13.4 Å². The van der Waals surface area contributed by atoms with Crippen molar-refractivity contribution < 1.29 is 13.2 Å². The van der Waals surface area contributed by atoms with E-state index in [9.17, 15) is 13.2 Å². The molecule has 0 radical (unpaired) electrons. The van der Waals surface area contributed by atoms with Crippen molar-refractivity contribution in [2.75, 3.05) is 10.5 Å². The molecule has 0 spiro atoms. The third-order valence-corrected chi connectivity index (χ3v) is 6.26. The van der Waals surface area contributed by atoms with Gasteiger partial charge in [0.15, 0.2) is 8.68 Å². The Morgan fingerprint density at radius 2 is 2.14 bits per heavy atom. The van der Waals surface area contributed by atoms with Gasteiger partial charge in [0.1, 0.15) is 0 Å². The van der Waals surface area contributed by atoms with Gasteiger partial charge in [-0.3, -0.25) is 9.52 Å². The monoisotopic (exact) mass is 363 g/mol. The van der Waals surface area contributed by atoms with E-state index in [1.807, 2.05) is 0 Å². The van der Waals surface area contributed by atoms with E-state index >= 15 is 0 Å². The molecule has 0 bridgehead atoms. The Kier molecular flexibility index (Phi) is 5.09. The fourth-order valence-corrected chi connectivity index (χ4v) is 4.57. The first kappa shape index (κ1) is 16.1. The summed E-state index contributed by atoms with van der Waals surface area (Å²) in [4.78, 5) is 15.1. The van der Waals surface area contributed by atoms with E-state index in [1.165, 1.54) is 6.20 Å². The lowest BCUT2D eigenvalue weighted by Crippen LogP contribution is -2.14. The van der Waals surface area contributed by atoms with E-state index in [1.54, 1.807) is 24.3 Å². The van der Waals surface area contributed by atoms with Crippen LogP contribution in [0.2, 0.25) is 4.47 Å². The number of anilines is 1. The number of amides is 1. The third-order valence-electron chi connectivity index (χ3n) is 2.22.